The fourth-order valence-electron chi connectivity index (χ4n) is 1.23. The average Bonchev–Trinajstić information content (AvgIpc) is 2.10. The molecule has 0 atom stereocenters. The number of hydrogen-bond donors (Lipinski definition) is 1. The molecule has 0 aromatic heterocycles. The van der Waals surface area contributed by atoms with Gasteiger partial charge in [-0.05, 0) is 26.0 Å². The Morgan fingerprint density at radius 1 is 1.33 bits per heavy atom. The molecule has 0 fully saturated rings. The number of carbonyl (C=O) groups is 1. The third kappa shape index (κ3) is 3.31. The Morgan fingerprint density at radius 3 is 2.33 bits per heavy atom. The van der Waals surface area contributed by atoms with E-state index < -0.39 is 11.6 Å². The normalized spacial score (nSPS) is 10.5. The van der Waals surface area contributed by atoms with E-state index in [-0.39, 0.29) is 23.9 Å². The van der Waals surface area contributed by atoms with Crippen LogP contribution in [0.4, 0.5) is 8.78 Å². The largest absolute Gasteiger partial charge is 0.354 e. The topological polar surface area (TPSA) is 29.1 Å². The summed E-state index contributed by atoms with van der Waals surface area (Å²) < 4.78 is 26.3. The van der Waals surface area contributed by atoms with Crippen LogP contribution in [0.2, 0.25) is 0 Å². The average molecular weight is 213 g/mol. The summed E-state index contributed by atoms with van der Waals surface area (Å²) in [5, 5.41) is 2.57. The molecule has 1 N–H and O–H groups in total. The van der Waals surface area contributed by atoms with E-state index in [0.29, 0.717) is 0 Å². The van der Waals surface area contributed by atoms with E-state index >= 15 is 0 Å². The molecule has 15 heavy (non-hydrogen) atoms. The molecule has 82 valence electrons. The first-order valence-corrected chi connectivity index (χ1v) is 4.73. The molecule has 1 aromatic rings. The molecular formula is C11H13F2NO. The number of hydrogen-bond acceptors (Lipinski definition) is 1. The summed E-state index contributed by atoms with van der Waals surface area (Å²) in [7, 11) is 0. The molecule has 1 aromatic carbocycles. The maximum absolute atomic E-state index is 13.1. The van der Waals surface area contributed by atoms with Gasteiger partial charge in [-0.3, -0.25) is 4.79 Å². The van der Waals surface area contributed by atoms with E-state index in [9.17, 15) is 13.6 Å². The van der Waals surface area contributed by atoms with Crippen molar-refractivity contribution in [3.8, 4) is 0 Å². The number of rotatable bonds is 3. The van der Waals surface area contributed by atoms with Crippen molar-refractivity contribution >= 4 is 5.91 Å². The van der Waals surface area contributed by atoms with Crippen molar-refractivity contribution in [1.29, 1.82) is 0 Å². The molecule has 2 nitrogen and oxygen atoms in total. The zero-order valence-corrected chi connectivity index (χ0v) is 8.68. The molecule has 1 amide bonds. The van der Waals surface area contributed by atoms with Gasteiger partial charge in [0, 0.05) is 11.6 Å². The van der Waals surface area contributed by atoms with E-state index in [1.807, 2.05) is 0 Å². The second-order valence-corrected chi connectivity index (χ2v) is 3.60. The van der Waals surface area contributed by atoms with Crippen LogP contribution in [0, 0.1) is 11.6 Å². The second-order valence-electron chi connectivity index (χ2n) is 3.60. The molecule has 0 aliphatic carbocycles. The minimum atomic E-state index is -0.686. The summed E-state index contributed by atoms with van der Waals surface area (Å²) in [5.41, 5.74) is -0.185. The highest BCUT2D eigenvalue weighted by Crippen LogP contribution is 2.12. The fraction of sp³-hybridized carbons (Fsp3) is 0.364. The lowest BCUT2D eigenvalue weighted by molar-refractivity contribution is -0.121. The first-order chi connectivity index (χ1) is 7.00. The van der Waals surface area contributed by atoms with Gasteiger partial charge >= 0.3 is 0 Å². The number of benzene rings is 1. The van der Waals surface area contributed by atoms with E-state index in [2.05, 4.69) is 5.32 Å². The summed E-state index contributed by atoms with van der Waals surface area (Å²) in [6.07, 6.45) is -0.267. The Morgan fingerprint density at radius 2 is 1.87 bits per heavy atom. The minimum Gasteiger partial charge on any atom is -0.354 e. The van der Waals surface area contributed by atoms with Crippen LogP contribution in [-0.2, 0) is 11.2 Å². The quantitative estimate of drug-likeness (QED) is 0.817. The number of halogens is 2. The Labute approximate surface area is 87.3 Å². The second kappa shape index (κ2) is 4.87. The number of nitrogens with one attached hydrogen (secondary N) is 1. The van der Waals surface area contributed by atoms with E-state index in [1.54, 1.807) is 13.8 Å². The summed E-state index contributed by atoms with van der Waals surface area (Å²) >= 11 is 0. The van der Waals surface area contributed by atoms with E-state index in [0.717, 1.165) is 12.1 Å². The van der Waals surface area contributed by atoms with E-state index in [4.69, 9.17) is 0 Å². The van der Waals surface area contributed by atoms with Crippen molar-refractivity contribution < 1.29 is 13.6 Å². The lowest BCUT2D eigenvalue weighted by Crippen LogP contribution is -2.31. The first kappa shape index (κ1) is 11.6. The minimum absolute atomic E-state index is 0.0349. The van der Waals surface area contributed by atoms with Crippen LogP contribution < -0.4 is 5.32 Å². The molecule has 0 unspecified atom stereocenters. The summed E-state index contributed by atoms with van der Waals surface area (Å²) in [6, 6.07) is 3.52. The van der Waals surface area contributed by atoms with Gasteiger partial charge in [0.25, 0.3) is 0 Å². The molecular weight excluding hydrogens is 200 g/mol. The van der Waals surface area contributed by atoms with Crippen molar-refractivity contribution in [1.82, 2.24) is 5.32 Å². The molecule has 0 heterocycles. The molecule has 0 aliphatic heterocycles. The van der Waals surface area contributed by atoms with Crippen molar-refractivity contribution in [3.05, 3.63) is 35.4 Å². The maximum atomic E-state index is 13.1. The zero-order valence-electron chi connectivity index (χ0n) is 8.68. The van der Waals surface area contributed by atoms with Gasteiger partial charge in [-0.15, -0.1) is 0 Å². The Kier molecular flexibility index (Phi) is 3.77. The number of amides is 1. The van der Waals surface area contributed by atoms with Crippen LogP contribution in [0.15, 0.2) is 18.2 Å². The van der Waals surface area contributed by atoms with Gasteiger partial charge in [-0.25, -0.2) is 8.78 Å². The van der Waals surface area contributed by atoms with Crippen LogP contribution in [0.25, 0.3) is 0 Å². The zero-order chi connectivity index (χ0) is 11.4. The Balaban J connectivity index is 2.76. The van der Waals surface area contributed by atoms with Crippen LogP contribution in [0.1, 0.15) is 19.4 Å². The predicted octanol–water partition coefficient (Wildman–Crippen LogP) is 2.03. The first-order valence-electron chi connectivity index (χ1n) is 4.73. The summed E-state index contributed by atoms with van der Waals surface area (Å²) in [6.45, 7) is 3.57. The highest BCUT2D eigenvalue weighted by atomic mass is 19.1. The summed E-state index contributed by atoms with van der Waals surface area (Å²) in [4.78, 5) is 11.3. The van der Waals surface area contributed by atoms with Gasteiger partial charge in [0.05, 0.1) is 6.42 Å². The van der Waals surface area contributed by atoms with Crippen LogP contribution >= 0.6 is 0 Å². The van der Waals surface area contributed by atoms with Crippen molar-refractivity contribution in [3.63, 3.8) is 0 Å². The van der Waals surface area contributed by atoms with Gasteiger partial charge in [-0.2, -0.15) is 0 Å². The van der Waals surface area contributed by atoms with Crippen LogP contribution in [-0.4, -0.2) is 11.9 Å². The van der Waals surface area contributed by atoms with Gasteiger partial charge in [0.2, 0.25) is 5.91 Å². The SMILES string of the molecule is CC(C)NC(=O)Cc1c(F)cccc1F. The van der Waals surface area contributed by atoms with Crippen molar-refractivity contribution in [2.24, 2.45) is 0 Å². The molecule has 0 radical (unpaired) electrons. The molecule has 0 bridgehead atoms. The lowest BCUT2D eigenvalue weighted by atomic mass is 10.1. The number of carbonyl (C=O) groups excluding carboxylic acids is 1. The van der Waals surface area contributed by atoms with Gasteiger partial charge in [0.15, 0.2) is 0 Å². The van der Waals surface area contributed by atoms with Gasteiger partial charge < -0.3 is 5.32 Å². The lowest BCUT2D eigenvalue weighted by Gasteiger charge is -2.09. The summed E-state index contributed by atoms with van der Waals surface area (Å²) in [5.74, 6) is -1.75. The standard InChI is InChI=1S/C11H13F2NO/c1-7(2)14-11(15)6-8-9(12)4-3-5-10(8)13/h3-5,7H,6H2,1-2H3,(H,14,15). The highest BCUT2D eigenvalue weighted by Gasteiger charge is 2.13. The predicted molar refractivity (Wildman–Crippen MR) is 53.3 cm³/mol. The monoisotopic (exact) mass is 213 g/mol. The maximum Gasteiger partial charge on any atom is 0.224 e. The Bertz CT molecular complexity index is 343. The highest BCUT2D eigenvalue weighted by molar-refractivity contribution is 5.78. The molecule has 4 heteroatoms. The van der Waals surface area contributed by atoms with Crippen molar-refractivity contribution in [2.45, 2.75) is 26.3 Å². The molecule has 0 saturated heterocycles. The van der Waals surface area contributed by atoms with Crippen LogP contribution in [0.3, 0.4) is 0 Å². The third-order valence-corrected chi connectivity index (χ3v) is 1.85. The smallest absolute Gasteiger partial charge is 0.224 e. The van der Waals surface area contributed by atoms with E-state index in [1.165, 1.54) is 6.07 Å². The molecule has 0 spiro atoms. The fourth-order valence-corrected chi connectivity index (χ4v) is 1.23. The van der Waals surface area contributed by atoms with Crippen molar-refractivity contribution in [2.75, 3.05) is 0 Å². The van der Waals surface area contributed by atoms with Crippen LogP contribution in [0.5, 0.6) is 0 Å². The molecule has 1 rings (SSSR count). The Hall–Kier alpha value is -1.45. The molecule has 0 saturated carbocycles. The van der Waals surface area contributed by atoms with Gasteiger partial charge in [-0.1, -0.05) is 6.07 Å². The third-order valence-electron chi connectivity index (χ3n) is 1.85. The van der Waals surface area contributed by atoms with Gasteiger partial charge in [0.1, 0.15) is 11.6 Å². The molecule has 0 aliphatic rings.